The van der Waals surface area contributed by atoms with Gasteiger partial charge in [0.2, 0.25) is 0 Å². The first-order valence-corrected chi connectivity index (χ1v) is 7.79. The zero-order valence-electron chi connectivity index (χ0n) is 13.0. The van der Waals surface area contributed by atoms with Gasteiger partial charge in [0.05, 0.1) is 5.56 Å². The maximum atomic E-state index is 12.8. The normalized spacial score (nSPS) is 12.6. The summed E-state index contributed by atoms with van der Waals surface area (Å²) in [6.07, 6.45) is 1.85. The molecule has 1 atom stereocenters. The van der Waals surface area contributed by atoms with Crippen LogP contribution in [0.15, 0.2) is 16.9 Å². The Kier molecular flexibility index (Phi) is 4.77. The zero-order valence-corrected chi connectivity index (χ0v) is 13.8. The standard InChI is InChI=1S/C15H22N4OS/c1-5-9-18-13(16-17-15(18)21)12-8-7-11(4)19(14(12)20)10(3)6-2/h7-8,10H,5-6,9H2,1-4H3,(H,17,21). The predicted molar refractivity (Wildman–Crippen MR) is 87.1 cm³/mol. The third-order valence-corrected chi connectivity index (χ3v) is 4.11. The molecule has 21 heavy (non-hydrogen) atoms. The number of hydrogen-bond donors (Lipinski definition) is 1. The highest BCUT2D eigenvalue weighted by molar-refractivity contribution is 7.71. The molecule has 5 nitrogen and oxygen atoms in total. The Morgan fingerprint density at radius 2 is 2.10 bits per heavy atom. The number of rotatable bonds is 5. The number of nitrogens with zero attached hydrogens (tertiary/aromatic N) is 3. The highest BCUT2D eigenvalue weighted by atomic mass is 32.1. The Balaban J connectivity index is 2.66. The molecule has 2 aromatic rings. The van der Waals surface area contributed by atoms with E-state index in [9.17, 15) is 4.79 Å². The van der Waals surface area contributed by atoms with Crippen molar-refractivity contribution < 1.29 is 0 Å². The van der Waals surface area contributed by atoms with Gasteiger partial charge in [-0.1, -0.05) is 13.8 Å². The van der Waals surface area contributed by atoms with Crippen molar-refractivity contribution in [1.29, 1.82) is 0 Å². The molecular weight excluding hydrogens is 284 g/mol. The van der Waals surface area contributed by atoms with E-state index in [1.807, 2.05) is 28.2 Å². The summed E-state index contributed by atoms with van der Waals surface area (Å²) in [6.45, 7) is 8.92. The second-order valence-electron chi connectivity index (χ2n) is 5.32. The average Bonchev–Trinajstić information content (AvgIpc) is 2.81. The number of aryl methyl sites for hydroxylation is 1. The van der Waals surface area contributed by atoms with Gasteiger partial charge in [0.1, 0.15) is 0 Å². The largest absolute Gasteiger partial charge is 0.310 e. The van der Waals surface area contributed by atoms with Crippen LogP contribution >= 0.6 is 12.2 Å². The topological polar surface area (TPSA) is 55.6 Å². The van der Waals surface area contributed by atoms with Gasteiger partial charge in [0, 0.05) is 18.3 Å². The van der Waals surface area contributed by atoms with Crippen molar-refractivity contribution in [3.05, 3.63) is 33.0 Å². The van der Waals surface area contributed by atoms with Crippen molar-refractivity contribution in [2.75, 3.05) is 0 Å². The van der Waals surface area contributed by atoms with Gasteiger partial charge >= 0.3 is 0 Å². The third kappa shape index (κ3) is 2.85. The van der Waals surface area contributed by atoms with Crippen molar-refractivity contribution in [3.8, 4) is 11.4 Å². The summed E-state index contributed by atoms with van der Waals surface area (Å²) >= 11 is 5.25. The van der Waals surface area contributed by atoms with E-state index in [0.29, 0.717) is 16.2 Å². The summed E-state index contributed by atoms with van der Waals surface area (Å²) in [4.78, 5) is 12.8. The maximum absolute atomic E-state index is 12.8. The lowest BCUT2D eigenvalue weighted by atomic mass is 10.1. The Morgan fingerprint density at radius 3 is 2.71 bits per heavy atom. The molecule has 2 heterocycles. The first kappa shape index (κ1) is 15.7. The van der Waals surface area contributed by atoms with Crippen LogP contribution in [0.5, 0.6) is 0 Å². The number of aromatic nitrogens is 4. The summed E-state index contributed by atoms with van der Waals surface area (Å²) in [5.74, 6) is 0.629. The van der Waals surface area contributed by atoms with Crippen LogP contribution in [0.3, 0.4) is 0 Å². The monoisotopic (exact) mass is 306 g/mol. The number of nitrogens with one attached hydrogen (secondary N) is 1. The number of aromatic amines is 1. The molecule has 1 unspecified atom stereocenters. The predicted octanol–water partition coefficient (Wildman–Crippen LogP) is 3.46. The van der Waals surface area contributed by atoms with Gasteiger partial charge < -0.3 is 9.13 Å². The van der Waals surface area contributed by atoms with E-state index in [-0.39, 0.29) is 11.6 Å². The van der Waals surface area contributed by atoms with Gasteiger partial charge in [0.25, 0.3) is 5.56 Å². The molecule has 2 aromatic heterocycles. The van der Waals surface area contributed by atoms with E-state index in [1.54, 1.807) is 0 Å². The summed E-state index contributed by atoms with van der Waals surface area (Å²) in [7, 11) is 0. The fourth-order valence-electron chi connectivity index (χ4n) is 2.50. The summed E-state index contributed by atoms with van der Waals surface area (Å²) in [5.41, 5.74) is 1.56. The Hall–Kier alpha value is -1.69. The SMILES string of the molecule is CCCn1c(-c2ccc(C)n(C(C)CC)c2=O)n[nH]c1=S. The molecule has 0 spiro atoms. The average molecular weight is 306 g/mol. The van der Waals surface area contributed by atoms with Crippen LogP contribution < -0.4 is 5.56 Å². The molecule has 0 aliphatic carbocycles. The first-order chi connectivity index (χ1) is 10.0. The van der Waals surface area contributed by atoms with Crippen LogP contribution in [0.25, 0.3) is 11.4 Å². The highest BCUT2D eigenvalue weighted by Gasteiger charge is 2.16. The van der Waals surface area contributed by atoms with Crippen LogP contribution in [0.4, 0.5) is 0 Å². The molecule has 0 aliphatic heterocycles. The smallest absolute Gasteiger partial charge is 0.262 e. The van der Waals surface area contributed by atoms with Crippen molar-refractivity contribution in [1.82, 2.24) is 19.3 Å². The molecule has 0 radical (unpaired) electrons. The molecule has 1 N–H and O–H groups in total. The maximum Gasteiger partial charge on any atom is 0.262 e. The summed E-state index contributed by atoms with van der Waals surface area (Å²) in [5, 5.41) is 7.05. The molecule has 0 amide bonds. The molecule has 0 fully saturated rings. The second-order valence-corrected chi connectivity index (χ2v) is 5.71. The Labute approximate surface area is 129 Å². The van der Waals surface area contributed by atoms with Gasteiger partial charge in [-0.25, -0.2) is 0 Å². The van der Waals surface area contributed by atoms with E-state index in [2.05, 4.69) is 31.0 Å². The van der Waals surface area contributed by atoms with Gasteiger partial charge in [0.15, 0.2) is 10.6 Å². The molecule has 6 heteroatoms. The van der Waals surface area contributed by atoms with Crippen LogP contribution in [-0.2, 0) is 6.54 Å². The molecule has 0 saturated carbocycles. The Morgan fingerprint density at radius 1 is 1.38 bits per heavy atom. The third-order valence-electron chi connectivity index (χ3n) is 3.80. The Bertz CT molecular complexity index is 741. The quantitative estimate of drug-likeness (QED) is 0.861. The van der Waals surface area contributed by atoms with Crippen LogP contribution in [0.1, 0.15) is 45.3 Å². The van der Waals surface area contributed by atoms with Gasteiger partial charge in [-0.2, -0.15) is 5.10 Å². The van der Waals surface area contributed by atoms with Crippen molar-refractivity contribution in [2.24, 2.45) is 0 Å². The van der Waals surface area contributed by atoms with E-state index in [4.69, 9.17) is 12.2 Å². The van der Waals surface area contributed by atoms with Gasteiger partial charge in [-0.05, 0) is 51.0 Å². The highest BCUT2D eigenvalue weighted by Crippen LogP contribution is 2.17. The zero-order chi connectivity index (χ0) is 15.6. The number of pyridine rings is 1. The lowest BCUT2D eigenvalue weighted by Gasteiger charge is -2.17. The molecule has 2 rings (SSSR count). The first-order valence-electron chi connectivity index (χ1n) is 7.38. The number of H-pyrrole nitrogens is 1. The lowest BCUT2D eigenvalue weighted by molar-refractivity contribution is 0.503. The molecular formula is C15H22N4OS. The molecule has 0 aromatic carbocycles. The second kappa shape index (κ2) is 6.39. The molecule has 0 bridgehead atoms. The minimum Gasteiger partial charge on any atom is -0.310 e. The van der Waals surface area contributed by atoms with Crippen LogP contribution in [-0.4, -0.2) is 19.3 Å². The van der Waals surface area contributed by atoms with Crippen LogP contribution in [0.2, 0.25) is 0 Å². The lowest BCUT2D eigenvalue weighted by Crippen LogP contribution is -2.27. The molecule has 0 saturated heterocycles. The van der Waals surface area contributed by atoms with E-state index >= 15 is 0 Å². The molecule has 0 aliphatic rings. The van der Waals surface area contributed by atoms with E-state index in [1.165, 1.54) is 0 Å². The van der Waals surface area contributed by atoms with Gasteiger partial charge in [-0.3, -0.25) is 9.89 Å². The van der Waals surface area contributed by atoms with Crippen molar-refractivity contribution >= 4 is 12.2 Å². The van der Waals surface area contributed by atoms with Crippen molar-refractivity contribution in [2.45, 2.75) is 53.1 Å². The van der Waals surface area contributed by atoms with E-state index in [0.717, 1.165) is 25.1 Å². The minimum absolute atomic E-state index is 0.00398. The molecule has 114 valence electrons. The summed E-state index contributed by atoms with van der Waals surface area (Å²) < 4.78 is 4.29. The van der Waals surface area contributed by atoms with E-state index < -0.39 is 0 Å². The van der Waals surface area contributed by atoms with Crippen LogP contribution in [0, 0.1) is 11.7 Å². The fourth-order valence-corrected chi connectivity index (χ4v) is 2.72. The van der Waals surface area contributed by atoms with Crippen molar-refractivity contribution in [3.63, 3.8) is 0 Å². The fraction of sp³-hybridized carbons (Fsp3) is 0.533. The van der Waals surface area contributed by atoms with Gasteiger partial charge in [-0.15, -0.1) is 0 Å². The number of hydrogen-bond acceptors (Lipinski definition) is 3. The minimum atomic E-state index is -0.00398. The summed E-state index contributed by atoms with van der Waals surface area (Å²) in [6, 6.07) is 3.98.